The first kappa shape index (κ1) is 51.3. The van der Waals surface area contributed by atoms with Gasteiger partial charge in [0, 0.05) is 51.9 Å². The van der Waals surface area contributed by atoms with Crippen LogP contribution in [0, 0.1) is 0 Å². The van der Waals surface area contributed by atoms with Gasteiger partial charge in [-0.25, -0.2) is 0 Å². The van der Waals surface area contributed by atoms with Gasteiger partial charge in [0.25, 0.3) is 0 Å². The summed E-state index contributed by atoms with van der Waals surface area (Å²) in [6.45, 7) is 24.4. The van der Waals surface area contributed by atoms with Crippen LogP contribution in [0.1, 0.15) is 101 Å². The molecule has 1 heterocycles. The molecular formula is C44H73N5O10. The third-order valence-electron chi connectivity index (χ3n) is 8.69. The summed E-state index contributed by atoms with van der Waals surface area (Å²) in [5, 5.41) is 9.13. The number of nitrogens with zero attached hydrogens (tertiary/aromatic N) is 4. The zero-order valence-corrected chi connectivity index (χ0v) is 37.8. The summed E-state index contributed by atoms with van der Waals surface area (Å²) in [6.07, 6.45) is 4.22. The molecule has 0 unspecified atom stereocenters. The van der Waals surface area contributed by atoms with Gasteiger partial charge in [-0.1, -0.05) is 36.4 Å². The fourth-order valence-electron chi connectivity index (χ4n) is 6.31. The lowest BCUT2D eigenvalue weighted by atomic mass is 10.0. The topological polar surface area (TPSA) is 181 Å². The molecular weight excluding hydrogens is 759 g/mol. The molecule has 1 aliphatic heterocycles. The summed E-state index contributed by atoms with van der Waals surface area (Å²) in [5.74, 6) is -2.64. The molecule has 1 aromatic rings. The summed E-state index contributed by atoms with van der Waals surface area (Å²) < 4.78 is 23.0. The maximum atomic E-state index is 13.6. The largest absolute Gasteiger partial charge is 0.480 e. The highest BCUT2D eigenvalue weighted by molar-refractivity contribution is 5.74. The van der Waals surface area contributed by atoms with Gasteiger partial charge in [-0.15, -0.1) is 0 Å². The van der Waals surface area contributed by atoms with Crippen LogP contribution in [0.15, 0.2) is 30.3 Å². The number of benzene rings is 1. The molecule has 334 valence electrons. The van der Waals surface area contributed by atoms with Crippen molar-refractivity contribution < 1.29 is 48.0 Å². The van der Waals surface area contributed by atoms with Crippen molar-refractivity contribution in [2.45, 2.75) is 130 Å². The number of hydrogen-bond donors (Lipinski definition) is 2. The van der Waals surface area contributed by atoms with E-state index in [-0.39, 0.29) is 50.6 Å². The van der Waals surface area contributed by atoms with Gasteiger partial charge in [-0.3, -0.25) is 43.6 Å². The van der Waals surface area contributed by atoms with Crippen molar-refractivity contribution in [3.8, 4) is 0 Å². The van der Waals surface area contributed by atoms with Gasteiger partial charge in [0.2, 0.25) is 0 Å². The minimum absolute atomic E-state index is 0.000389. The number of rotatable bonds is 14. The lowest BCUT2D eigenvalue weighted by Gasteiger charge is -2.39. The maximum Gasteiger partial charge on any atom is 0.320 e. The summed E-state index contributed by atoms with van der Waals surface area (Å²) in [5.41, 5.74) is 4.70. The highest BCUT2D eigenvalue weighted by atomic mass is 16.6. The number of nitrogens with two attached hydrogens (primary N) is 1. The van der Waals surface area contributed by atoms with Crippen LogP contribution in [0.25, 0.3) is 6.08 Å². The van der Waals surface area contributed by atoms with Gasteiger partial charge in [-0.2, -0.15) is 0 Å². The van der Waals surface area contributed by atoms with Gasteiger partial charge >= 0.3 is 29.8 Å². The van der Waals surface area contributed by atoms with Crippen LogP contribution >= 0.6 is 0 Å². The minimum Gasteiger partial charge on any atom is -0.480 e. The van der Waals surface area contributed by atoms with Crippen LogP contribution < -0.4 is 5.73 Å². The van der Waals surface area contributed by atoms with Gasteiger partial charge in [0.05, 0.1) is 26.2 Å². The number of hydrogen-bond acceptors (Lipinski definition) is 14. The normalized spacial score (nSPS) is 18.4. The van der Waals surface area contributed by atoms with Crippen molar-refractivity contribution >= 4 is 35.9 Å². The van der Waals surface area contributed by atoms with Crippen molar-refractivity contribution in [3.05, 3.63) is 41.5 Å². The quantitative estimate of drug-likeness (QED) is 0.203. The van der Waals surface area contributed by atoms with E-state index in [2.05, 4.69) is 4.90 Å². The number of ether oxygens (including phenoxy) is 4. The maximum absolute atomic E-state index is 13.6. The number of carboxylic acid groups (broad SMARTS) is 1. The highest BCUT2D eigenvalue weighted by Crippen LogP contribution is 2.18. The molecule has 1 aliphatic rings. The van der Waals surface area contributed by atoms with Crippen LogP contribution in [-0.2, 0) is 49.3 Å². The smallest absolute Gasteiger partial charge is 0.320 e. The Bertz CT molecular complexity index is 1550. The number of carbonyl (C=O) groups is 5. The molecule has 59 heavy (non-hydrogen) atoms. The lowest BCUT2D eigenvalue weighted by Crippen LogP contribution is -2.54. The standard InChI is InChI=1S/C44H73N5O10/c1-41(2,3)56-36(50)28-46-20-21-47(29-37(51)57-42(4,5)6)24-25-49(31-39(53)59-44(10,11)12)34(27-48(23-22-46)30-38(52)58-43(7,8)9)26-33-18-16-32(17-19-33)14-13-15-35(45)40(54)55/h13-14,16-19,34-35H,15,20-31,45H2,1-12H3,(H,54,55)/b14-13+/t34-,35-/m0/s1. The molecule has 0 radical (unpaired) electrons. The average molecular weight is 832 g/mol. The molecule has 3 N–H and O–H groups in total. The summed E-state index contributed by atoms with van der Waals surface area (Å²) in [6, 6.07) is 6.50. The van der Waals surface area contributed by atoms with E-state index in [1.54, 1.807) is 6.08 Å². The first-order valence-electron chi connectivity index (χ1n) is 20.6. The zero-order valence-electron chi connectivity index (χ0n) is 37.8. The van der Waals surface area contributed by atoms with E-state index < -0.39 is 46.4 Å². The Hall–Kier alpha value is -3.89. The Morgan fingerprint density at radius 3 is 1.41 bits per heavy atom. The Morgan fingerprint density at radius 1 is 0.627 bits per heavy atom. The second-order valence-electron chi connectivity index (χ2n) is 19.3. The molecule has 15 nitrogen and oxygen atoms in total. The molecule has 2 atom stereocenters. The first-order valence-corrected chi connectivity index (χ1v) is 20.6. The SMILES string of the molecule is CC(C)(C)OC(=O)CN1CCN(CC(=O)OC(C)(C)C)CCN(CC(=O)OC(C)(C)C)[C@@H](Cc2ccc(/C=C/C[C@H](N)C(=O)O)cc2)CN(CC(=O)OC(C)(C)C)CC1. The first-order chi connectivity index (χ1) is 27.1. The molecule has 1 fully saturated rings. The van der Waals surface area contributed by atoms with E-state index in [1.165, 1.54) is 0 Å². The van der Waals surface area contributed by atoms with E-state index >= 15 is 0 Å². The summed E-state index contributed by atoms with van der Waals surface area (Å²) in [7, 11) is 0. The van der Waals surface area contributed by atoms with Crippen LogP contribution in [0.2, 0.25) is 0 Å². The predicted octanol–water partition coefficient (Wildman–Crippen LogP) is 4.00. The second-order valence-corrected chi connectivity index (χ2v) is 19.3. The number of carbonyl (C=O) groups excluding carboxylic acids is 4. The molecule has 15 heteroatoms. The van der Waals surface area contributed by atoms with Gasteiger partial charge in [-0.05, 0) is 107 Å². The number of aliphatic carboxylic acids is 1. The van der Waals surface area contributed by atoms with Gasteiger partial charge < -0.3 is 29.8 Å². The van der Waals surface area contributed by atoms with Gasteiger partial charge in [0.15, 0.2) is 0 Å². The van der Waals surface area contributed by atoms with E-state index in [4.69, 9.17) is 29.8 Å². The monoisotopic (exact) mass is 832 g/mol. The van der Waals surface area contributed by atoms with Crippen LogP contribution in [0.5, 0.6) is 0 Å². The Morgan fingerprint density at radius 2 is 1.00 bits per heavy atom. The molecule has 0 aliphatic carbocycles. The third-order valence-corrected chi connectivity index (χ3v) is 8.69. The van der Waals surface area contributed by atoms with Crippen molar-refractivity contribution in [1.29, 1.82) is 0 Å². The van der Waals surface area contributed by atoms with E-state index in [1.807, 2.05) is 128 Å². The molecule has 0 spiro atoms. The average Bonchev–Trinajstić information content (AvgIpc) is 3.03. The van der Waals surface area contributed by atoms with Crippen LogP contribution in [0.4, 0.5) is 0 Å². The van der Waals surface area contributed by atoms with E-state index in [0.717, 1.165) is 11.1 Å². The van der Waals surface area contributed by atoms with Crippen molar-refractivity contribution in [2.24, 2.45) is 5.73 Å². The van der Waals surface area contributed by atoms with Crippen LogP contribution in [0.3, 0.4) is 0 Å². The molecule has 0 aromatic heterocycles. The predicted molar refractivity (Wildman–Crippen MR) is 227 cm³/mol. The Labute approximate surface area is 352 Å². The molecule has 1 aromatic carbocycles. The highest BCUT2D eigenvalue weighted by Gasteiger charge is 2.31. The fraction of sp³-hybridized carbons (Fsp3) is 0.705. The van der Waals surface area contributed by atoms with E-state index in [0.29, 0.717) is 52.2 Å². The van der Waals surface area contributed by atoms with Crippen molar-refractivity contribution in [1.82, 2.24) is 19.6 Å². The molecule has 1 saturated heterocycles. The summed E-state index contributed by atoms with van der Waals surface area (Å²) in [4.78, 5) is 72.5. The molecule has 0 saturated carbocycles. The third kappa shape index (κ3) is 23.5. The molecule has 0 bridgehead atoms. The Kier molecular flexibility index (Phi) is 19.7. The number of carboxylic acids is 1. The molecule has 2 rings (SSSR count). The fourth-order valence-corrected chi connectivity index (χ4v) is 6.31. The summed E-state index contributed by atoms with van der Waals surface area (Å²) >= 11 is 0. The minimum atomic E-state index is -1.07. The second kappa shape index (κ2) is 22.6. The van der Waals surface area contributed by atoms with E-state index in [9.17, 15) is 24.0 Å². The molecule has 0 amide bonds. The van der Waals surface area contributed by atoms with Crippen molar-refractivity contribution in [3.63, 3.8) is 0 Å². The van der Waals surface area contributed by atoms with Crippen LogP contribution in [-0.4, -0.2) is 161 Å². The van der Waals surface area contributed by atoms with Gasteiger partial charge in [0.1, 0.15) is 28.4 Å². The number of esters is 4. The Balaban J connectivity index is 2.63. The zero-order chi connectivity index (χ0) is 44.8. The lowest BCUT2D eigenvalue weighted by molar-refractivity contribution is -0.160. The van der Waals surface area contributed by atoms with Crippen molar-refractivity contribution in [2.75, 3.05) is 72.0 Å².